The number of rotatable bonds is 5. The van der Waals surface area contributed by atoms with Crippen LogP contribution in [0.4, 0.5) is 0 Å². The molecule has 1 aromatic rings. The van der Waals surface area contributed by atoms with Crippen molar-refractivity contribution in [2.24, 2.45) is 11.8 Å². The van der Waals surface area contributed by atoms with Crippen LogP contribution in [-0.2, 0) is 4.79 Å². The molecule has 2 heteroatoms. The van der Waals surface area contributed by atoms with Gasteiger partial charge in [-0.2, -0.15) is 0 Å². The minimum absolute atomic E-state index is 0.0313. The molecule has 0 N–H and O–H groups in total. The Morgan fingerprint density at radius 1 is 1.06 bits per heavy atom. The van der Waals surface area contributed by atoms with Crippen molar-refractivity contribution in [3.05, 3.63) is 35.9 Å². The van der Waals surface area contributed by atoms with E-state index in [0.29, 0.717) is 17.9 Å². The van der Waals surface area contributed by atoms with Crippen LogP contribution >= 0.6 is 0 Å². The molecule has 0 aliphatic carbocycles. The predicted octanol–water partition coefficient (Wildman–Crippen LogP) is 3.12. The van der Waals surface area contributed by atoms with E-state index in [9.17, 15) is 9.59 Å². The van der Waals surface area contributed by atoms with Gasteiger partial charge in [0.2, 0.25) is 0 Å². The van der Waals surface area contributed by atoms with Gasteiger partial charge in [0.1, 0.15) is 5.78 Å². The molecule has 0 radical (unpaired) electrons. The first kappa shape index (κ1) is 12.6. The van der Waals surface area contributed by atoms with E-state index < -0.39 is 5.92 Å². The number of hydrogen-bond acceptors (Lipinski definition) is 2. The summed E-state index contributed by atoms with van der Waals surface area (Å²) in [5.41, 5.74) is 0.618. The summed E-state index contributed by atoms with van der Waals surface area (Å²) in [7, 11) is 0. The van der Waals surface area contributed by atoms with Crippen LogP contribution in [0.15, 0.2) is 30.3 Å². The Morgan fingerprint density at radius 2 is 1.62 bits per heavy atom. The maximum absolute atomic E-state index is 11.9. The van der Waals surface area contributed by atoms with Crippen molar-refractivity contribution in [3.63, 3.8) is 0 Å². The zero-order valence-electron chi connectivity index (χ0n) is 10.1. The Hall–Kier alpha value is -1.44. The standard InChI is InChI=1S/C14H18O2/c1-10(2)9-13(15)11(3)14(16)12-7-5-4-6-8-12/h4-8,10-11H,9H2,1-3H3. The number of carbonyl (C=O) groups excluding carboxylic acids is 2. The Bertz CT molecular complexity index is 366. The van der Waals surface area contributed by atoms with E-state index >= 15 is 0 Å². The molecule has 0 amide bonds. The fraction of sp³-hybridized carbons (Fsp3) is 0.429. The fourth-order valence-electron chi connectivity index (χ4n) is 1.58. The van der Waals surface area contributed by atoms with Gasteiger partial charge in [-0.15, -0.1) is 0 Å². The first-order chi connectivity index (χ1) is 7.52. The van der Waals surface area contributed by atoms with Gasteiger partial charge in [0.15, 0.2) is 5.78 Å². The van der Waals surface area contributed by atoms with E-state index in [1.54, 1.807) is 19.1 Å². The zero-order valence-corrected chi connectivity index (χ0v) is 10.1. The number of carbonyl (C=O) groups is 2. The Morgan fingerprint density at radius 3 is 2.12 bits per heavy atom. The van der Waals surface area contributed by atoms with Crippen LogP contribution in [0.25, 0.3) is 0 Å². The number of hydrogen-bond donors (Lipinski definition) is 0. The van der Waals surface area contributed by atoms with Gasteiger partial charge in [-0.05, 0) is 12.8 Å². The van der Waals surface area contributed by atoms with E-state index in [-0.39, 0.29) is 11.6 Å². The van der Waals surface area contributed by atoms with E-state index in [0.717, 1.165) is 0 Å². The maximum atomic E-state index is 11.9. The molecule has 0 bridgehead atoms. The van der Waals surface area contributed by atoms with Crippen molar-refractivity contribution in [2.75, 3.05) is 0 Å². The lowest BCUT2D eigenvalue weighted by atomic mass is 9.91. The second kappa shape index (κ2) is 5.59. The maximum Gasteiger partial charge on any atom is 0.173 e. The van der Waals surface area contributed by atoms with Gasteiger partial charge in [-0.1, -0.05) is 44.2 Å². The summed E-state index contributed by atoms with van der Waals surface area (Å²) < 4.78 is 0. The number of benzene rings is 1. The first-order valence-electron chi connectivity index (χ1n) is 5.64. The molecule has 16 heavy (non-hydrogen) atoms. The molecule has 0 aliphatic heterocycles. The Labute approximate surface area is 96.7 Å². The van der Waals surface area contributed by atoms with Gasteiger partial charge in [0.05, 0.1) is 5.92 Å². The van der Waals surface area contributed by atoms with Crippen LogP contribution < -0.4 is 0 Å². The summed E-state index contributed by atoms with van der Waals surface area (Å²) in [5.74, 6) is -0.265. The van der Waals surface area contributed by atoms with Gasteiger partial charge in [-0.25, -0.2) is 0 Å². The highest BCUT2D eigenvalue weighted by atomic mass is 16.1. The van der Waals surface area contributed by atoms with Gasteiger partial charge in [-0.3, -0.25) is 9.59 Å². The van der Waals surface area contributed by atoms with Gasteiger partial charge >= 0.3 is 0 Å². The van der Waals surface area contributed by atoms with Crippen LogP contribution in [0.1, 0.15) is 37.6 Å². The third-order valence-corrected chi connectivity index (χ3v) is 2.54. The lowest BCUT2D eigenvalue weighted by Crippen LogP contribution is -2.22. The minimum Gasteiger partial charge on any atom is -0.299 e. The Balaban J connectivity index is 2.72. The molecule has 0 heterocycles. The third kappa shape index (κ3) is 3.30. The van der Waals surface area contributed by atoms with Crippen LogP contribution in [-0.4, -0.2) is 11.6 Å². The molecule has 1 unspecified atom stereocenters. The van der Waals surface area contributed by atoms with E-state index in [1.165, 1.54) is 0 Å². The van der Waals surface area contributed by atoms with Gasteiger partial charge in [0.25, 0.3) is 0 Å². The van der Waals surface area contributed by atoms with Gasteiger partial charge in [0, 0.05) is 12.0 Å². The summed E-state index contributed by atoms with van der Waals surface area (Å²) in [5, 5.41) is 0. The number of Topliss-reactive ketones (excluding diaryl/α,β-unsaturated/α-hetero) is 2. The molecule has 0 aliphatic rings. The average molecular weight is 218 g/mol. The van der Waals surface area contributed by atoms with Crippen molar-refractivity contribution in [3.8, 4) is 0 Å². The highest BCUT2D eigenvalue weighted by Crippen LogP contribution is 2.13. The molecule has 1 rings (SSSR count). The fourth-order valence-corrected chi connectivity index (χ4v) is 1.58. The van der Waals surface area contributed by atoms with E-state index in [1.807, 2.05) is 32.0 Å². The normalized spacial score (nSPS) is 12.5. The van der Waals surface area contributed by atoms with E-state index in [4.69, 9.17) is 0 Å². The third-order valence-electron chi connectivity index (χ3n) is 2.54. The molecule has 1 atom stereocenters. The topological polar surface area (TPSA) is 34.1 Å². The van der Waals surface area contributed by atoms with Crippen molar-refractivity contribution in [2.45, 2.75) is 27.2 Å². The molecule has 0 saturated heterocycles. The number of ketones is 2. The minimum atomic E-state index is -0.523. The van der Waals surface area contributed by atoms with Gasteiger partial charge < -0.3 is 0 Å². The lowest BCUT2D eigenvalue weighted by molar-refractivity contribution is -0.121. The predicted molar refractivity (Wildman–Crippen MR) is 64.4 cm³/mol. The summed E-state index contributed by atoms with van der Waals surface area (Å²) in [6, 6.07) is 8.99. The average Bonchev–Trinajstić information content (AvgIpc) is 2.27. The summed E-state index contributed by atoms with van der Waals surface area (Å²) >= 11 is 0. The van der Waals surface area contributed by atoms with Crippen LogP contribution in [0.3, 0.4) is 0 Å². The second-order valence-electron chi connectivity index (χ2n) is 4.52. The summed E-state index contributed by atoms with van der Waals surface area (Å²) in [6.07, 6.45) is 0.472. The molecule has 0 saturated carbocycles. The molecule has 0 fully saturated rings. The lowest BCUT2D eigenvalue weighted by Gasteiger charge is -2.11. The molecule has 0 aromatic heterocycles. The largest absolute Gasteiger partial charge is 0.299 e. The second-order valence-corrected chi connectivity index (χ2v) is 4.52. The summed E-state index contributed by atoms with van der Waals surface area (Å²) in [4.78, 5) is 23.7. The first-order valence-corrected chi connectivity index (χ1v) is 5.64. The van der Waals surface area contributed by atoms with Crippen molar-refractivity contribution in [1.29, 1.82) is 0 Å². The quantitative estimate of drug-likeness (QED) is 0.562. The molecule has 86 valence electrons. The van der Waals surface area contributed by atoms with Crippen molar-refractivity contribution in [1.82, 2.24) is 0 Å². The van der Waals surface area contributed by atoms with Crippen LogP contribution in [0, 0.1) is 11.8 Å². The molecular weight excluding hydrogens is 200 g/mol. The molecule has 2 nitrogen and oxygen atoms in total. The van der Waals surface area contributed by atoms with Crippen LogP contribution in [0.5, 0.6) is 0 Å². The molecule has 1 aromatic carbocycles. The highest BCUT2D eigenvalue weighted by Gasteiger charge is 2.22. The zero-order chi connectivity index (χ0) is 12.1. The monoisotopic (exact) mass is 218 g/mol. The smallest absolute Gasteiger partial charge is 0.173 e. The Kier molecular flexibility index (Phi) is 4.41. The molecule has 0 spiro atoms. The molecular formula is C14H18O2. The summed E-state index contributed by atoms with van der Waals surface area (Å²) in [6.45, 7) is 5.66. The SMILES string of the molecule is CC(C)CC(=O)C(C)C(=O)c1ccccc1. The van der Waals surface area contributed by atoms with Crippen molar-refractivity contribution < 1.29 is 9.59 Å². The highest BCUT2D eigenvalue weighted by molar-refractivity contribution is 6.10. The van der Waals surface area contributed by atoms with E-state index in [2.05, 4.69) is 0 Å². The van der Waals surface area contributed by atoms with Crippen LogP contribution in [0.2, 0.25) is 0 Å². The van der Waals surface area contributed by atoms with Crippen molar-refractivity contribution >= 4 is 11.6 Å².